The minimum Gasteiger partial charge on any atom is -0.345 e. The average Bonchev–Trinajstić information content (AvgIpc) is 3.39. The van der Waals surface area contributed by atoms with Gasteiger partial charge in [-0.3, -0.25) is 9.59 Å². The summed E-state index contributed by atoms with van der Waals surface area (Å²) in [6, 6.07) is 14.8. The highest BCUT2D eigenvalue weighted by Gasteiger charge is 2.45. The van der Waals surface area contributed by atoms with Gasteiger partial charge >= 0.3 is 5.92 Å². The van der Waals surface area contributed by atoms with E-state index in [1.807, 2.05) is 0 Å². The molecule has 0 spiro atoms. The number of amides is 2. The predicted octanol–water partition coefficient (Wildman–Crippen LogP) is 4.18. The first-order valence-corrected chi connectivity index (χ1v) is 10.9. The second kappa shape index (κ2) is 8.53. The number of fused-ring (bicyclic) bond motifs is 1. The zero-order chi connectivity index (χ0) is 24.7. The van der Waals surface area contributed by atoms with Gasteiger partial charge in [0, 0.05) is 18.7 Å². The van der Waals surface area contributed by atoms with Crippen molar-refractivity contribution < 1.29 is 22.8 Å². The van der Waals surface area contributed by atoms with E-state index in [0.717, 1.165) is 0 Å². The Morgan fingerprint density at radius 3 is 2.46 bits per heavy atom. The van der Waals surface area contributed by atoms with Crippen molar-refractivity contribution in [2.75, 3.05) is 4.90 Å². The van der Waals surface area contributed by atoms with Gasteiger partial charge in [0.05, 0.1) is 35.9 Å². The van der Waals surface area contributed by atoms with E-state index in [1.165, 1.54) is 23.2 Å². The third kappa shape index (κ3) is 4.23. The van der Waals surface area contributed by atoms with Crippen LogP contribution < -0.4 is 10.2 Å². The molecular formula is C25H20F3N5O2. The summed E-state index contributed by atoms with van der Waals surface area (Å²) in [7, 11) is 0. The number of alkyl halides is 2. The Morgan fingerprint density at radius 2 is 1.77 bits per heavy atom. The smallest absolute Gasteiger partial charge is 0.321 e. The molecule has 35 heavy (non-hydrogen) atoms. The van der Waals surface area contributed by atoms with Crippen LogP contribution in [-0.2, 0) is 9.59 Å². The van der Waals surface area contributed by atoms with Gasteiger partial charge in [0.2, 0.25) is 5.91 Å². The van der Waals surface area contributed by atoms with E-state index in [4.69, 9.17) is 0 Å². The maximum Gasteiger partial charge on any atom is 0.321 e. The van der Waals surface area contributed by atoms with E-state index < -0.39 is 23.9 Å². The molecule has 0 saturated carbocycles. The molecule has 1 N–H and O–H groups in total. The summed E-state index contributed by atoms with van der Waals surface area (Å²) in [6.07, 6.45) is 2.93. The summed E-state index contributed by atoms with van der Waals surface area (Å²) >= 11 is 0. The maximum absolute atomic E-state index is 13.6. The fourth-order valence-corrected chi connectivity index (χ4v) is 4.31. The summed E-state index contributed by atoms with van der Waals surface area (Å²) in [6.45, 7) is 0.519. The minimum absolute atomic E-state index is 0.145. The summed E-state index contributed by atoms with van der Waals surface area (Å²) in [5.41, 5.74) is 2.24. The number of carbonyl (C=O) groups is 2. The zero-order valence-electron chi connectivity index (χ0n) is 18.5. The number of halogens is 3. The molecule has 0 radical (unpaired) electrons. The van der Waals surface area contributed by atoms with Gasteiger partial charge in [-0.1, -0.05) is 30.3 Å². The summed E-state index contributed by atoms with van der Waals surface area (Å²) < 4.78 is 42.1. The quantitative estimate of drug-likeness (QED) is 0.466. The topological polar surface area (TPSA) is 80.1 Å². The second-order valence-electron chi connectivity index (χ2n) is 8.43. The SMILES string of the molecule is CC(F)(F)C(=O)N[C@H]1CC(=O)N(c2cnc3c(cnn3-c3ccc(F)cc3)c2)[C@@H]1c1ccccc1. The lowest BCUT2D eigenvalue weighted by molar-refractivity contribution is -0.143. The monoisotopic (exact) mass is 479 g/mol. The molecule has 0 aliphatic carbocycles. The number of benzene rings is 2. The van der Waals surface area contributed by atoms with E-state index in [2.05, 4.69) is 15.4 Å². The molecule has 1 aliphatic rings. The summed E-state index contributed by atoms with van der Waals surface area (Å²) in [5, 5.41) is 7.30. The van der Waals surface area contributed by atoms with Crippen molar-refractivity contribution in [3.63, 3.8) is 0 Å². The van der Waals surface area contributed by atoms with Crippen LogP contribution in [-0.4, -0.2) is 38.5 Å². The maximum atomic E-state index is 13.6. The molecule has 2 aromatic carbocycles. The van der Waals surface area contributed by atoms with Gasteiger partial charge in [-0.25, -0.2) is 14.1 Å². The van der Waals surface area contributed by atoms with Crippen LogP contribution >= 0.6 is 0 Å². The molecule has 4 aromatic rings. The highest BCUT2D eigenvalue weighted by atomic mass is 19.3. The molecule has 7 nitrogen and oxygen atoms in total. The number of nitrogens with zero attached hydrogens (tertiary/aromatic N) is 4. The molecule has 1 saturated heterocycles. The van der Waals surface area contributed by atoms with Gasteiger partial charge < -0.3 is 10.2 Å². The van der Waals surface area contributed by atoms with Crippen molar-refractivity contribution in [3.8, 4) is 5.69 Å². The lowest BCUT2D eigenvalue weighted by atomic mass is 9.99. The van der Waals surface area contributed by atoms with Crippen molar-refractivity contribution in [1.82, 2.24) is 20.1 Å². The van der Waals surface area contributed by atoms with Crippen LogP contribution in [0.1, 0.15) is 24.9 Å². The highest BCUT2D eigenvalue weighted by Crippen LogP contribution is 2.38. The van der Waals surface area contributed by atoms with Crippen LogP contribution in [0.2, 0.25) is 0 Å². The van der Waals surface area contributed by atoms with E-state index >= 15 is 0 Å². The Bertz CT molecular complexity index is 1400. The van der Waals surface area contributed by atoms with E-state index in [1.54, 1.807) is 59.4 Å². The number of pyridine rings is 1. The first-order valence-electron chi connectivity index (χ1n) is 10.9. The Hall–Kier alpha value is -4.21. The first kappa shape index (κ1) is 22.6. The molecule has 10 heteroatoms. The number of hydrogen-bond donors (Lipinski definition) is 1. The molecule has 2 atom stereocenters. The molecule has 2 aromatic heterocycles. The molecule has 2 amide bonds. The Kier molecular flexibility index (Phi) is 5.50. The fourth-order valence-electron chi connectivity index (χ4n) is 4.31. The van der Waals surface area contributed by atoms with Gasteiger partial charge in [-0.2, -0.15) is 13.9 Å². The lowest BCUT2D eigenvalue weighted by Gasteiger charge is -2.29. The number of carbonyl (C=O) groups excluding carboxylic acids is 2. The molecule has 178 valence electrons. The first-order chi connectivity index (χ1) is 16.7. The number of rotatable bonds is 5. The minimum atomic E-state index is -3.58. The normalized spacial score (nSPS) is 18.3. The zero-order valence-corrected chi connectivity index (χ0v) is 18.5. The van der Waals surface area contributed by atoms with E-state index in [9.17, 15) is 22.8 Å². The van der Waals surface area contributed by atoms with Gasteiger partial charge in [-0.15, -0.1) is 0 Å². The molecular weight excluding hydrogens is 459 g/mol. The third-order valence-electron chi connectivity index (χ3n) is 5.92. The second-order valence-corrected chi connectivity index (χ2v) is 8.43. The van der Waals surface area contributed by atoms with Crippen LogP contribution in [0.3, 0.4) is 0 Å². The predicted molar refractivity (Wildman–Crippen MR) is 123 cm³/mol. The lowest BCUT2D eigenvalue weighted by Crippen LogP contribution is -2.46. The van der Waals surface area contributed by atoms with Crippen molar-refractivity contribution in [1.29, 1.82) is 0 Å². The van der Waals surface area contributed by atoms with Crippen molar-refractivity contribution in [2.24, 2.45) is 0 Å². The van der Waals surface area contributed by atoms with Crippen LogP contribution in [0.25, 0.3) is 16.7 Å². The average molecular weight is 479 g/mol. The van der Waals surface area contributed by atoms with Gasteiger partial charge in [0.1, 0.15) is 5.82 Å². The number of aromatic nitrogens is 3. The van der Waals surface area contributed by atoms with Crippen molar-refractivity contribution in [2.45, 2.75) is 31.4 Å². The van der Waals surface area contributed by atoms with Crippen LogP contribution in [0.4, 0.5) is 18.9 Å². The van der Waals surface area contributed by atoms with Crippen LogP contribution in [0, 0.1) is 5.82 Å². The molecule has 1 fully saturated rings. The molecule has 1 aliphatic heterocycles. The number of hydrogen-bond acceptors (Lipinski definition) is 4. The molecule has 0 unspecified atom stereocenters. The number of anilines is 1. The fraction of sp³-hybridized carbons (Fsp3) is 0.200. The van der Waals surface area contributed by atoms with Crippen molar-refractivity contribution in [3.05, 3.63) is 84.4 Å². The van der Waals surface area contributed by atoms with Gasteiger partial charge in [0.25, 0.3) is 5.91 Å². The van der Waals surface area contributed by atoms with Gasteiger partial charge in [0.15, 0.2) is 5.65 Å². The standard InChI is InChI=1S/C25H20F3N5O2/c1-25(27,28)24(35)31-20-12-21(34)32(22(20)15-5-3-2-4-6-15)19-11-16-13-30-33(23(16)29-14-19)18-9-7-17(26)8-10-18/h2-11,13-14,20,22H,12H2,1H3,(H,31,35)/t20-,22+/m0/s1. The highest BCUT2D eigenvalue weighted by molar-refractivity contribution is 5.99. The summed E-state index contributed by atoms with van der Waals surface area (Å²) in [4.78, 5) is 31.1. The van der Waals surface area contributed by atoms with E-state index in [0.29, 0.717) is 34.9 Å². The summed E-state index contributed by atoms with van der Waals surface area (Å²) in [5.74, 6) is -5.72. The van der Waals surface area contributed by atoms with Crippen LogP contribution in [0.15, 0.2) is 73.1 Å². The largest absolute Gasteiger partial charge is 0.345 e. The Labute approximate surface area is 198 Å². The van der Waals surface area contributed by atoms with Gasteiger partial charge in [-0.05, 0) is 35.9 Å². The molecule has 5 rings (SSSR count). The third-order valence-corrected chi connectivity index (χ3v) is 5.92. The van der Waals surface area contributed by atoms with Crippen molar-refractivity contribution >= 4 is 28.5 Å². The Morgan fingerprint density at radius 1 is 1.06 bits per heavy atom. The number of nitrogens with one attached hydrogen (secondary N) is 1. The van der Waals surface area contributed by atoms with Crippen LogP contribution in [0.5, 0.6) is 0 Å². The Balaban J connectivity index is 1.53. The molecule has 3 heterocycles. The van der Waals surface area contributed by atoms with E-state index in [-0.39, 0.29) is 18.1 Å². The molecule has 0 bridgehead atoms.